The van der Waals surface area contributed by atoms with Gasteiger partial charge in [-0.1, -0.05) is 6.92 Å². The highest BCUT2D eigenvalue weighted by molar-refractivity contribution is 5.80. The first-order chi connectivity index (χ1) is 14.5. The van der Waals surface area contributed by atoms with E-state index in [1.807, 2.05) is 13.8 Å². The van der Waals surface area contributed by atoms with Gasteiger partial charge in [-0.3, -0.25) is 4.79 Å². The van der Waals surface area contributed by atoms with Crippen molar-refractivity contribution in [1.29, 1.82) is 0 Å². The van der Waals surface area contributed by atoms with Crippen LogP contribution >= 0.6 is 0 Å². The average molecular weight is 427 g/mol. The number of hydrogen-bond donors (Lipinski definition) is 3. The molecule has 7 nitrogen and oxygen atoms in total. The van der Waals surface area contributed by atoms with E-state index in [9.17, 15) is 13.6 Å². The van der Waals surface area contributed by atoms with E-state index in [0.29, 0.717) is 55.9 Å². The molecule has 0 spiro atoms. The Labute approximate surface area is 176 Å². The van der Waals surface area contributed by atoms with Gasteiger partial charge in [0.2, 0.25) is 5.91 Å². The Balaban J connectivity index is 1.91. The molecule has 9 heteroatoms. The van der Waals surface area contributed by atoms with Crippen LogP contribution in [0.4, 0.5) is 8.78 Å². The zero-order valence-electron chi connectivity index (χ0n) is 17.7. The van der Waals surface area contributed by atoms with Crippen LogP contribution in [-0.2, 0) is 11.3 Å². The Bertz CT molecular complexity index is 697. The number of nitrogens with one attached hydrogen (secondary N) is 3. The van der Waals surface area contributed by atoms with Gasteiger partial charge in [0.1, 0.15) is 11.5 Å². The Morgan fingerprint density at radius 3 is 2.73 bits per heavy atom. The first-order valence-corrected chi connectivity index (χ1v) is 10.5. The monoisotopic (exact) mass is 426 g/mol. The fraction of sp³-hybridized carbons (Fsp3) is 0.619. The maximum atomic E-state index is 12.8. The summed E-state index contributed by atoms with van der Waals surface area (Å²) < 4.78 is 35.7. The maximum absolute atomic E-state index is 12.8. The quantitative estimate of drug-likeness (QED) is 0.256. The molecular formula is C21H32F2N4O3. The lowest BCUT2D eigenvalue weighted by atomic mass is 10.2. The van der Waals surface area contributed by atoms with E-state index >= 15 is 0 Å². The summed E-state index contributed by atoms with van der Waals surface area (Å²) in [6.07, 6.45) is 4.09. The number of halogens is 2. The third-order valence-electron chi connectivity index (χ3n) is 4.29. The molecule has 0 bridgehead atoms. The van der Waals surface area contributed by atoms with Crippen molar-refractivity contribution in [3.63, 3.8) is 0 Å². The number of aliphatic imine (C=N–C) groups is 1. The van der Waals surface area contributed by atoms with Crippen molar-refractivity contribution in [2.45, 2.75) is 65.1 Å². The van der Waals surface area contributed by atoms with Gasteiger partial charge in [-0.25, -0.2) is 4.99 Å². The van der Waals surface area contributed by atoms with Crippen molar-refractivity contribution in [3.8, 4) is 11.5 Å². The van der Waals surface area contributed by atoms with Gasteiger partial charge >= 0.3 is 6.61 Å². The fourth-order valence-electron chi connectivity index (χ4n) is 2.67. The zero-order valence-corrected chi connectivity index (χ0v) is 17.7. The van der Waals surface area contributed by atoms with Crippen molar-refractivity contribution < 1.29 is 23.0 Å². The predicted molar refractivity (Wildman–Crippen MR) is 112 cm³/mol. The lowest BCUT2D eigenvalue weighted by molar-refractivity contribution is -0.121. The van der Waals surface area contributed by atoms with E-state index in [0.717, 1.165) is 19.3 Å². The fourth-order valence-corrected chi connectivity index (χ4v) is 2.67. The summed E-state index contributed by atoms with van der Waals surface area (Å²) in [6.45, 7) is 2.86. The second kappa shape index (κ2) is 12.9. The molecule has 1 fully saturated rings. The molecule has 0 aliphatic heterocycles. The van der Waals surface area contributed by atoms with Crippen molar-refractivity contribution in [3.05, 3.63) is 23.8 Å². The van der Waals surface area contributed by atoms with Crippen molar-refractivity contribution in [2.24, 2.45) is 4.99 Å². The lowest BCUT2D eigenvalue weighted by Crippen LogP contribution is -2.38. The molecular weight excluding hydrogens is 394 g/mol. The van der Waals surface area contributed by atoms with Gasteiger partial charge < -0.3 is 25.4 Å². The molecule has 1 aliphatic carbocycles. The molecule has 1 saturated carbocycles. The van der Waals surface area contributed by atoms with Crippen LogP contribution < -0.4 is 25.4 Å². The lowest BCUT2D eigenvalue weighted by Gasteiger charge is -2.14. The third kappa shape index (κ3) is 9.28. The van der Waals surface area contributed by atoms with Gasteiger partial charge in [0.15, 0.2) is 5.96 Å². The molecule has 168 valence electrons. The number of carbonyl (C=O) groups is 1. The topological polar surface area (TPSA) is 84.0 Å². The molecule has 0 unspecified atom stereocenters. The number of benzene rings is 1. The minimum atomic E-state index is -2.93. The number of carbonyl (C=O) groups excluding carboxylic acids is 1. The summed E-state index contributed by atoms with van der Waals surface area (Å²) in [5.41, 5.74) is 0.528. The number of amides is 1. The van der Waals surface area contributed by atoms with E-state index in [1.54, 1.807) is 12.1 Å². The molecule has 0 heterocycles. The molecule has 0 aromatic heterocycles. The average Bonchev–Trinajstić information content (AvgIpc) is 3.52. The molecule has 2 rings (SSSR count). The molecule has 1 aromatic carbocycles. The highest BCUT2D eigenvalue weighted by atomic mass is 19.3. The van der Waals surface area contributed by atoms with E-state index < -0.39 is 6.61 Å². The van der Waals surface area contributed by atoms with E-state index in [4.69, 9.17) is 4.74 Å². The number of rotatable bonds is 13. The van der Waals surface area contributed by atoms with Crippen molar-refractivity contribution in [2.75, 3.05) is 19.7 Å². The molecule has 30 heavy (non-hydrogen) atoms. The number of hydrogen-bond acceptors (Lipinski definition) is 4. The van der Waals surface area contributed by atoms with Gasteiger partial charge in [-0.05, 0) is 44.7 Å². The number of nitrogens with zero attached hydrogens (tertiary/aromatic N) is 1. The normalized spacial score (nSPS) is 13.8. The van der Waals surface area contributed by atoms with Crippen LogP contribution in [0.5, 0.6) is 11.5 Å². The van der Waals surface area contributed by atoms with Crippen LogP contribution in [0, 0.1) is 0 Å². The van der Waals surface area contributed by atoms with Crippen LogP contribution in [0.2, 0.25) is 0 Å². The molecule has 0 saturated heterocycles. The van der Waals surface area contributed by atoms with Crippen LogP contribution in [0.1, 0.15) is 51.5 Å². The summed E-state index contributed by atoms with van der Waals surface area (Å²) in [6, 6.07) is 5.23. The summed E-state index contributed by atoms with van der Waals surface area (Å²) in [5.74, 6) is 1.15. The van der Waals surface area contributed by atoms with Crippen LogP contribution in [0.25, 0.3) is 0 Å². The van der Waals surface area contributed by atoms with Gasteiger partial charge in [0.05, 0.1) is 13.2 Å². The largest absolute Gasteiger partial charge is 0.493 e. The molecule has 3 N–H and O–H groups in total. The summed E-state index contributed by atoms with van der Waals surface area (Å²) in [5, 5.41) is 9.22. The zero-order chi connectivity index (χ0) is 21.8. The molecule has 0 atom stereocenters. The smallest absolute Gasteiger partial charge is 0.387 e. The Morgan fingerprint density at radius 1 is 1.27 bits per heavy atom. The summed E-state index contributed by atoms with van der Waals surface area (Å²) in [4.78, 5) is 16.2. The van der Waals surface area contributed by atoms with Crippen LogP contribution in [0.3, 0.4) is 0 Å². The third-order valence-corrected chi connectivity index (χ3v) is 4.29. The highest BCUT2D eigenvalue weighted by Gasteiger charge is 2.22. The number of ether oxygens (including phenoxy) is 2. The minimum absolute atomic E-state index is 0.0509. The van der Waals surface area contributed by atoms with E-state index in [2.05, 4.69) is 25.7 Å². The number of alkyl halides is 2. The molecule has 1 amide bonds. The van der Waals surface area contributed by atoms with Gasteiger partial charge in [0.25, 0.3) is 0 Å². The standard InChI is InChI=1S/C21H32F2N4O3/c1-3-12-29-17-10-7-15(18(13-17)30-20(22)23)14-26-21(24-4-2)25-11-5-6-19(28)27-16-8-9-16/h7,10,13,16,20H,3-6,8-9,11-12,14H2,1-2H3,(H,27,28)(H2,24,25,26). The number of guanidine groups is 1. The van der Waals surface area contributed by atoms with Crippen molar-refractivity contribution >= 4 is 11.9 Å². The second-order valence-corrected chi connectivity index (χ2v) is 7.06. The van der Waals surface area contributed by atoms with Gasteiger partial charge in [0, 0.05) is 37.2 Å². The van der Waals surface area contributed by atoms with E-state index in [-0.39, 0.29) is 18.2 Å². The first kappa shape index (κ1) is 23.7. The Hall–Kier alpha value is -2.58. The Morgan fingerprint density at radius 2 is 2.07 bits per heavy atom. The van der Waals surface area contributed by atoms with Crippen LogP contribution in [0.15, 0.2) is 23.2 Å². The highest BCUT2D eigenvalue weighted by Crippen LogP contribution is 2.27. The van der Waals surface area contributed by atoms with Crippen molar-refractivity contribution in [1.82, 2.24) is 16.0 Å². The molecule has 1 aliphatic rings. The first-order valence-electron chi connectivity index (χ1n) is 10.5. The second-order valence-electron chi connectivity index (χ2n) is 7.06. The van der Waals surface area contributed by atoms with E-state index in [1.165, 1.54) is 6.07 Å². The summed E-state index contributed by atoms with van der Waals surface area (Å²) >= 11 is 0. The van der Waals surface area contributed by atoms with Gasteiger partial charge in [-0.15, -0.1) is 0 Å². The SMILES string of the molecule is CCCOc1ccc(CN=C(NCC)NCCCC(=O)NC2CC2)c(OC(F)F)c1. The molecule has 1 aromatic rings. The van der Waals surface area contributed by atoms with Gasteiger partial charge in [-0.2, -0.15) is 8.78 Å². The Kier molecular flexibility index (Phi) is 10.2. The maximum Gasteiger partial charge on any atom is 0.387 e. The minimum Gasteiger partial charge on any atom is -0.493 e. The predicted octanol–water partition coefficient (Wildman–Crippen LogP) is 3.19. The van der Waals surface area contributed by atoms with Crippen LogP contribution in [-0.4, -0.2) is 44.2 Å². The molecule has 0 radical (unpaired) electrons. The summed E-state index contributed by atoms with van der Waals surface area (Å²) in [7, 11) is 0.